The monoisotopic (exact) mass is 278 g/mol. The molecule has 0 bridgehead atoms. The molecule has 19 heavy (non-hydrogen) atoms. The van der Waals surface area contributed by atoms with Crippen LogP contribution in [-0.2, 0) is 0 Å². The second-order valence-electron chi connectivity index (χ2n) is 3.85. The number of hydrogen-bond donors (Lipinski definition) is 0. The lowest BCUT2D eigenvalue weighted by Gasteiger charge is -1.99. The highest BCUT2D eigenvalue weighted by Crippen LogP contribution is 2.17. The normalized spacial score (nSPS) is 10.9. The van der Waals surface area contributed by atoms with Gasteiger partial charge < -0.3 is 0 Å². The zero-order chi connectivity index (χ0) is 13.8. The van der Waals surface area contributed by atoms with E-state index in [0.717, 1.165) is 6.07 Å². The Kier molecular flexibility index (Phi) is 4.07. The average Bonchev–Trinajstić information content (AvgIpc) is 2.40. The summed E-state index contributed by atoms with van der Waals surface area (Å²) in [5, 5.41) is -0.120. The molecule has 0 amide bonds. The number of ketones is 1. The molecule has 2 rings (SSSR count). The highest BCUT2D eigenvalue weighted by Gasteiger charge is 2.06. The minimum Gasteiger partial charge on any atom is -0.289 e. The van der Waals surface area contributed by atoms with Crippen molar-refractivity contribution in [3.05, 3.63) is 76.3 Å². The molecule has 96 valence electrons. The van der Waals surface area contributed by atoms with Crippen molar-refractivity contribution in [2.24, 2.45) is 0 Å². The first-order valence-corrected chi connectivity index (χ1v) is 5.88. The first-order valence-electron chi connectivity index (χ1n) is 5.50. The zero-order valence-electron chi connectivity index (χ0n) is 9.74. The standard InChI is InChI=1S/C15H9ClF2O/c16-12-9-11(5-7-14(12)18)15(19)8-6-10-3-1-2-4-13(10)17/h1-9H/b8-6+. The van der Waals surface area contributed by atoms with Gasteiger partial charge in [0.15, 0.2) is 5.78 Å². The van der Waals surface area contributed by atoms with Gasteiger partial charge in [0, 0.05) is 11.1 Å². The molecule has 0 saturated carbocycles. The molecule has 0 atom stereocenters. The summed E-state index contributed by atoms with van der Waals surface area (Å²) in [5.41, 5.74) is 0.558. The number of benzene rings is 2. The van der Waals surface area contributed by atoms with E-state index in [1.165, 1.54) is 30.4 Å². The second-order valence-corrected chi connectivity index (χ2v) is 4.26. The topological polar surface area (TPSA) is 17.1 Å². The maximum absolute atomic E-state index is 13.3. The van der Waals surface area contributed by atoms with Gasteiger partial charge in [-0.05, 0) is 36.4 Å². The van der Waals surface area contributed by atoms with Crippen LogP contribution in [-0.4, -0.2) is 5.78 Å². The van der Waals surface area contributed by atoms with E-state index in [0.29, 0.717) is 5.56 Å². The maximum atomic E-state index is 13.3. The third-order valence-corrected chi connectivity index (χ3v) is 2.81. The van der Waals surface area contributed by atoms with Crippen molar-refractivity contribution in [2.45, 2.75) is 0 Å². The Morgan fingerprint density at radius 3 is 2.47 bits per heavy atom. The van der Waals surface area contributed by atoms with Gasteiger partial charge in [0.25, 0.3) is 0 Å². The molecular formula is C15H9ClF2O. The molecular weight excluding hydrogens is 270 g/mol. The lowest BCUT2D eigenvalue weighted by atomic mass is 10.1. The highest BCUT2D eigenvalue weighted by atomic mass is 35.5. The summed E-state index contributed by atoms with van der Waals surface area (Å²) in [6.45, 7) is 0. The molecule has 0 spiro atoms. The fraction of sp³-hybridized carbons (Fsp3) is 0. The minimum atomic E-state index is -0.587. The van der Waals surface area contributed by atoms with Crippen LogP contribution >= 0.6 is 11.6 Å². The first-order chi connectivity index (χ1) is 9.08. The van der Waals surface area contributed by atoms with E-state index in [1.807, 2.05) is 0 Å². The van der Waals surface area contributed by atoms with Crippen LogP contribution in [0.15, 0.2) is 48.5 Å². The molecule has 0 fully saturated rings. The molecule has 4 heteroatoms. The van der Waals surface area contributed by atoms with E-state index in [4.69, 9.17) is 11.6 Å². The van der Waals surface area contributed by atoms with Crippen LogP contribution in [0.3, 0.4) is 0 Å². The van der Waals surface area contributed by atoms with Gasteiger partial charge in [0.05, 0.1) is 5.02 Å². The Balaban J connectivity index is 2.21. The molecule has 0 unspecified atom stereocenters. The molecule has 0 N–H and O–H groups in total. The van der Waals surface area contributed by atoms with Crippen LogP contribution in [0.5, 0.6) is 0 Å². The molecule has 2 aromatic rings. The Morgan fingerprint density at radius 2 is 1.79 bits per heavy atom. The summed E-state index contributed by atoms with van der Waals surface area (Å²) in [5.74, 6) is -1.37. The predicted octanol–water partition coefficient (Wildman–Crippen LogP) is 4.51. The van der Waals surface area contributed by atoms with Crippen molar-refractivity contribution < 1.29 is 13.6 Å². The SMILES string of the molecule is O=C(/C=C/c1ccccc1F)c1ccc(F)c(Cl)c1. The number of halogens is 3. The van der Waals surface area contributed by atoms with Gasteiger partial charge in [-0.15, -0.1) is 0 Å². The number of carbonyl (C=O) groups excluding carboxylic acids is 1. The lowest BCUT2D eigenvalue weighted by Crippen LogP contribution is -1.95. The molecule has 0 aliphatic heterocycles. The van der Waals surface area contributed by atoms with E-state index in [-0.39, 0.29) is 16.4 Å². The maximum Gasteiger partial charge on any atom is 0.185 e. The molecule has 2 aromatic carbocycles. The van der Waals surface area contributed by atoms with Crippen LogP contribution in [0.1, 0.15) is 15.9 Å². The number of hydrogen-bond acceptors (Lipinski definition) is 1. The van der Waals surface area contributed by atoms with Gasteiger partial charge in [0.2, 0.25) is 0 Å². The zero-order valence-corrected chi connectivity index (χ0v) is 10.5. The van der Waals surface area contributed by atoms with E-state index >= 15 is 0 Å². The van der Waals surface area contributed by atoms with Crippen molar-refractivity contribution in [3.8, 4) is 0 Å². The van der Waals surface area contributed by atoms with Gasteiger partial charge in [-0.2, -0.15) is 0 Å². The number of rotatable bonds is 3. The smallest absolute Gasteiger partial charge is 0.185 e. The Morgan fingerprint density at radius 1 is 1.05 bits per heavy atom. The number of allylic oxidation sites excluding steroid dienone is 1. The van der Waals surface area contributed by atoms with Crippen LogP contribution in [0.2, 0.25) is 5.02 Å². The molecule has 0 radical (unpaired) electrons. The summed E-state index contributed by atoms with van der Waals surface area (Å²) < 4.78 is 26.3. The summed E-state index contributed by atoms with van der Waals surface area (Å²) in [7, 11) is 0. The summed E-state index contributed by atoms with van der Waals surface area (Å²) >= 11 is 5.59. The van der Waals surface area contributed by atoms with Crippen molar-refractivity contribution >= 4 is 23.5 Å². The Hall–Kier alpha value is -2.00. The molecule has 0 aliphatic carbocycles. The first kappa shape index (κ1) is 13.4. The van der Waals surface area contributed by atoms with Crippen LogP contribution in [0, 0.1) is 11.6 Å². The van der Waals surface area contributed by atoms with Crippen molar-refractivity contribution in [3.63, 3.8) is 0 Å². The highest BCUT2D eigenvalue weighted by molar-refractivity contribution is 6.31. The van der Waals surface area contributed by atoms with E-state index < -0.39 is 11.6 Å². The summed E-state index contributed by atoms with van der Waals surface area (Å²) in [6.07, 6.45) is 2.59. The third-order valence-electron chi connectivity index (χ3n) is 2.52. The van der Waals surface area contributed by atoms with Crippen molar-refractivity contribution in [1.29, 1.82) is 0 Å². The van der Waals surface area contributed by atoms with Gasteiger partial charge in [-0.3, -0.25) is 4.79 Å². The van der Waals surface area contributed by atoms with Crippen molar-refractivity contribution in [1.82, 2.24) is 0 Å². The van der Waals surface area contributed by atoms with Crippen molar-refractivity contribution in [2.75, 3.05) is 0 Å². The van der Waals surface area contributed by atoms with Gasteiger partial charge in [-0.1, -0.05) is 29.8 Å². The van der Waals surface area contributed by atoms with Gasteiger partial charge in [0.1, 0.15) is 11.6 Å². The summed E-state index contributed by atoms with van der Waals surface area (Å²) in [6, 6.07) is 9.78. The molecule has 0 aliphatic rings. The fourth-order valence-corrected chi connectivity index (χ4v) is 1.70. The molecule has 0 aromatic heterocycles. The molecule has 1 nitrogen and oxygen atoms in total. The molecule has 0 saturated heterocycles. The minimum absolute atomic E-state index is 0.120. The largest absolute Gasteiger partial charge is 0.289 e. The quantitative estimate of drug-likeness (QED) is 0.596. The molecule has 0 heterocycles. The average molecular weight is 279 g/mol. The Bertz CT molecular complexity index is 650. The predicted molar refractivity (Wildman–Crippen MR) is 71.2 cm³/mol. The Labute approximate surface area is 114 Å². The van der Waals surface area contributed by atoms with Crippen LogP contribution < -0.4 is 0 Å². The van der Waals surface area contributed by atoms with Gasteiger partial charge >= 0.3 is 0 Å². The summed E-state index contributed by atoms with van der Waals surface area (Å²) in [4.78, 5) is 11.8. The van der Waals surface area contributed by atoms with E-state index in [9.17, 15) is 13.6 Å². The fourth-order valence-electron chi connectivity index (χ4n) is 1.52. The van der Waals surface area contributed by atoms with E-state index in [1.54, 1.807) is 18.2 Å². The number of carbonyl (C=O) groups is 1. The van der Waals surface area contributed by atoms with Crippen LogP contribution in [0.4, 0.5) is 8.78 Å². The second kappa shape index (κ2) is 5.76. The van der Waals surface area contributed by atoms with Crippen LogP contribution in [0.25, 0.3) is 6.08 Å². The lowest BCUT2D eigenvalue weighted by molar-refractivity contribution is 0.104. The van der Waals surface area contributed by atoms with Gasteiger partial charge in [-0.25, -0.2) is 8.78 Å². The van der Waals surface area contributed by atoms with E-state index in [2.05, 4.69) is 0 Å². The third kappa shape index (κ3) is 3.26.